The van der Waals surface area contributed by atoms with Gasteiger partial charge in [0, 0.05) is 44.7 Å². The highest BCUT2D eigenvalue weighted by Gasteiger charge is 2.30. The van der Waals surface area contributed by atoms with Gasteiger partial charge in [-0.2, -0.15) is 4.31 Å². The lowest BCUT2D eigenvalue weighted by atomic mass is 10.1. The number of nitrogens with zero attached hydrogens (tertiary/aromatic N) is 3. The van der Waals surface area contributed by atoms with Crippen molar-refractivity contribution >= 4 is 15.9 Å². The zero-order valence-electron chi connectivity index (χ0n) is 11.9. The fraction of sp³-hybridized carbons (Fsp3) is 0.667. The van der Waals surface area contributed by atoms with Crippen molar-refractivity contribution in [2.24, 2.45) is 11.7 Å². The molecule has 8 nitrogen and oxygen atoms in total. The molecule has 1 atom stereocenters. The SMILES string of the molecule is CC(CN)C(=O)N1CCN(S(=O)(=O)Cc2ccon2)CC1. The second-order valence-electron chi connectivity index (χ2n) is 5.11. The Balaban J connectivity index is 1.93. The van der Waals surface area contributed by atoms with Gasteiger partial charge in [-0.1, -0.05) is 12.1 Å². The van der Waals surface area contributed by atoms with Gasteiger partial charge in [0.1, 0.15) is 12.0 Å². The van der Waals surface area contributed by atoms with E-state index in [1.807, 2.05) is 0 Å². The monoisotopic (exact) mass is 316 g/mol. The molecule has 9 heteroatoms. The second-order valence-corrected chi connectivity index (χ2v) is 7.08. The molecule has 118 valence electrons. The topological polar surface area (TPSA) is 110 Å². The molecule has 0 bridgehead atoms. The molecule has 2 N–H and O–H groups in total. The summed E-state index contributed by atoms with van der Waals surface area (Å²) in [6, 6.07) is 1.53. The van der Waals surface area contributed by atoms with E-state index in [9.17, 15) is 13.2 Å². The van der Waals surface area contributed by atoms with E-state index in [1.54, 1.807) is 11.8 Å². The number of nitrogens with two attached hydrogens (primary N) is 1. The minimum atomic E-state index is -3.43. The molecular formula is C12H20N4O4S. The summed E-state index contributed by atoms with van der Waals surface area (Å²) in [5.74, 6) is -0.439. The van der Waals surface area contributed by atoms with Gasteiger partial charge >= 0.3 is 0 Å². The lowest BCUT2D eigenvalue weighted by Crippen LogP contribution is -2.52. The summed E-state index contributed by atoms with van der Waals surface area (Å²) in [5.41, 5.74) is 5.86. The third-order valence-corrected chi connectivity index (χ3v) is 5.35. The Morgan fingerprint density at radius 2 is 2.10 bits per heavy atom. The molecule has 1 aromatic rings. The fourth-order valence-corrected chi connectivity index (χ4v) is 3.61. The third kappa shape index (κ3) is 3.80. The third-order valence-electron chi connectivity index (χ3n) is 3.54. The maximum absolute atomic E-state index is 12.2. The van der Waals surface area contributed by atoms with Gasteiger partial charge in [-0.25, -0.2) is 8.42 Å². The highest BCUT2D eigenvalue weighted by molar-refractivity contribution is 7.88. The predicted molar refractivity (Wildman–Crippen MR) is 75.5 cm³/mol. The van der Waals surface area contributed by atoms with Crippen molar-refractivity contribution in [2.45, 2.75) is 12.7 Å². The van der Waals surface area contributed by atoms with Crippen LogP contribution in [0.4, 0.5) is 0 Å². The van der Waals surface area contributed by atoms with Crippen LogP contribution in [0.3, 0.4) is 0 Å². The van der Waals surface area contributed by atoms with Crippen LogP contribution in [0, 0.1) is 5.92 Å². The lowest BCUT2D eigenvalue weighted by molar-refractivity contribution is -0.135. The lowest BCUT2D eigenvalue weighted by Gasteiger charge is -2.35. The van der Waals surface area contributed by atoms with Crippen LogP contribution in [-0.2, 0) is 20.6 Å². The highest BCUT2D eigenvalue weighted by Crippen LogP contribution is 2.14. The maximum atomic E-state index is 12.2. The first-order chi connectivity index (χ1) is 9.94. The predicted octanol–water partition coefficient (Wildman–Crippen LogP) is -0.757. The summed E-state index contributed by atoms with van der Waals surface area (Å²) in [6.07, 6.45) is 1.34. The molecule has 0 spiro atoms. The van der Waals surface area contributed by atoms with Crippen LogP contribution < -0.4 is 5.73 Å². The minimum absolute atomic E-state index is 0.0222. The van der Waals surface area contributed by atoms with Gasteiger partial charge in [0.2, 0.25) is 15.9 Å². The van der Waals surface area contributed by atoms with E-state index in [4.69, 9.17) is 5.73 Å². The van der Waals surface area contributed by atoms with Gasteiger partial charge in [-0.05, 0) is 0 Å². The summed E-state index contributed by atoms with van der Waals surface area (Å²) < 4.78 is 30.5. The Morgan fingerprint density at radius 3 is 2.62 bits per heavy atom. The normalized spacial score (nSPS) is 18.7. The Kier molecular flexibility index (Phi) is 4.96. The van der Waals surface area contributed by atoms with Crippen molar-refractivity contribution in [3.8, 4) is 0 Å². The maximum Gasteiger partial charge on any atom is 0.226 e. The number of rotatable bonds is 5. The number of aromatic nitrogens is 1. The Bertz CT molecular complexity index is 564. The van der Waals surface area contributed by atoms with E-state index < -0.39 is 10.0 Å². The molecule has 1 unspecified atom stereocenters. The van der Waals surface area contributed by atoms with Crippen molar-refractivity contribution in [1.29, 1.82) is 0 Å². The number of piperazine rings is 1. The van der Waals surface area contributed by atoms with Crippen molar-refractivity contribution in [3.63, 3.8) is 0 Å². The Labute approximate surface area is 123 Å². The molecule has 21 heavy (non-hydrogen) atoms. The molecule has 1 aromatic heterocycles. The van der Waals surface area contributed by atoms with Crippen LogP contribution in [0.1, 0.15) is 12.6 Å². The summed E-state index contributed by atoms with van der Waals surface area (Å²) in [6.45, 7) is 3.44. The summed E-state index contributed by atoms with van der Waals surface area (Å²) >= 11 is 0. The smallest absolute Gasteiger partial charge is 0.226 e. The van der Waals surface area contributed by atoms with Gasteiger partial charge in [0.05, 0.1) is 5.69 Å². The fourth-order valence-electron chi connectivity index (χ4n) is 2.19. The molecular weight excluding hydrogens is 296 g/mol. The second kappa shape index (κ2) is 6.54. The van der Waals surface area contributed by atoms with Gasteiger partial charge < -0.3 is 15.2 Å². The molecule has 1 amide bonds. The van der Waals surface area contributed by atoms with E-state index in [0.717, 1.165) is 0 Å². The average Bonchev–Trinajstić information content (AvgIpc) is 2.98. The molecule has 1 aliphatic heterocycles. The van der Waals surface area contributed by atoms with E-state index in [1.165, 1.54) is 16.6 Å². The van der Waals surface area contributed by atoms with Crippen molar-refractivity contribution < 1.29 is 17.7 Å². The van der Waals surface area contributed by atoms with Crippen LogP contribution in [0.15, 0.2) is 16.9 Å². The van der Waals surface area contributed by atoms with E-state index in [2.05, 4.69) is 9.68 Å². The first-order valence-electron chi connectivity index (χ1n) is 6.80. The van der Waals surface area contributed by atoms with Crippen LogP contribution in [0.2, 0.25) is 0 Å². The number of hydrogen-bond donors (Lipinski definition) is 1. The van der Waals surface area contributed by atoms with Crippen LogP contribution in [0.5, 0.6) is 0 Å². The Morgan fingerprint density at radius 1 is 1.43 bits per heavy atom. The van der Waals surface area contributed by atoms with Crippen LogP contribution in [-0.4, -0.2) is 61.4 Å². The molecule has 2 heterocycles. The number of amides is 1. The Hall–Kier alpha value is -1.45. The highest BCUT2D eigenvalue weighted by atomic mass is 32.2. The van der Waals surface area contributed by atoms with Crippen molar-refractivity contribution in [2.75, 3.05) is 32.7 Å². The zero-order valence-corrected chi connectivity index (χ0v) is 12.8. The first kappa shape index (κ1) is 15.9. The standard InChI is InChI=1S/C12H20N4O4S/c1-10(8-13)12(17)15-3-5-16(6-4-15)21(18,19)9-11-2-7-20-14-11/h2,7,10H,3-6,8-9,13H2,1H3. The van der Waals surface area contributed by atoms with Crippen LogP contribution in [0.25, 0.3) is 0 Å². The molecule has 1 fully saturated rings. The summed E-state index contributed by atoms with van der Waals surface area (Å²) in [7, 11) is -3.43. The molecule has 1 saturated heterocycles. The van der Waals surface area contributed by atoms with Crippen LogP contribution >= 0.6 is 0 Å². The molecule has 0 aliphatic carbocycles. The first-order valence-corrected chi connectivity index (χ1v) is 8.41. The minimum Gasteiger partial charge on any atom is -0.364 e. The molecule has 1 aliphatic rings. The van der Waals surface area contributed by atoms with Crippen molar-refractivity contribution in [1.82, 2.24) is 14.4 Å². The number of sulfonamides is 1. The van der Waals surface area contributed by atoms with Gasteiger partial charge in [0.15, 0.2) is 0 Å². The molecule has 0 aromatic carbocycles. The number of hydrogen-bond acceptors (Lipinski definition) is 6. The molecule has 2 rings (SSSR count). The van der Waals surface area contributed by atoms with E-state index in [0.29, 0.717) is 38.4 Å². The van der Waals surface area contributed by atoms with E-state index >= 15 is 0 Å². The van der Waals surface area contributed by atoms with Gasteiger partial charge in [-0.15, -0.1) is 0 Å². The summed E-state index contributed by atoms with van der Waals surface area (Å²) in [5, 5.41) is 3.61. The quantitative estimate of drug-likeness (QED) is 0.765. The van der Waals surface area contributed by atoms with Gasteiger partial charge in [-0.3, -0.25) is 4.79 Å². The zero-order chi connectivity index (χ0) is 15.5. The number of carbonyl (C=O) groups excluding carboxylic acids is 1. The van der Waals surface area contributed by atoms with Crippen molar-refractivity contribution in [3.05, 3.63) is 18.0 Å². The van der Waals surface area contributed by atoms with Gasteiger partial charge in [0.25, 0.3) is 0 Å². The molecule has 0 saturated carbocycles. The summed E-state index contributed by atoms with van der Waals surface area (Å²) in [4.78, 5) is 13.7. The molecule has 0 radical (unpaired) electrons. The largest absolute Gasteiger partial charge is 0.364 e. The average molecular weight is 316 g/mol. The number of carbonyl (C=O) groups is 1. The van der Waals surface area contributed by atoms with E-state index in [-0.39, 0.29) is 17.6 Å².